The van der Waals surface area contributed by atoms with E-state index in [4.69, 9.17) is 5.26 Å². The van der Waals surface area contributed by atoms with Crippen LogP contribution in [-0.2, 0) is 9.59 Å². The molecule has 1 atom stereocenters. The van der Waals surface area contributed by atoms with E-state index in [1.54, 1.807) is 23.3 Å². The number of hydrogen-bond acceptors (Lipinski definition) is 6. The molecule has 132 valence electrons. The number of nitrogens with zero attached hydrogens (tertiary/aromatic N) is 3. The molecule has 2 heterocycles. The van der Waals surface area contributed by atoms with Crippen molar-refractivity contribution in [3.05, 3.63) is 46.8 Å². The van der Waals surface area contributed by atoms with Crippen molar-refractivity contribution in [2.75, 3.05) is 16.8 Å². The van der Waals surface area contributed by atoms with Crippen molar-refractivity contribution in [2.45, 2.75) is 19.1 Å². The van der Waals surface area contributed by atoms with E-state index in [2.05, 4.69) is 10.3 Å². The lowest BCUT2D eigenvalue weighted by Crippen LogP contribution is -2.33. The predicted molar refractivity (Wildman–Crippen MR) is 106 cm³/mol. The molecule has 0 saturated heterocycles. The summed E-state index contributed by atoms with van der Waals surface area (Å²) in [5.74, 6) is -0.353. The van der Waals surface area contributed by atoms with Gasteiger partial charge in [-0.25, -0.2) is 0 Å². The molecule has 6 nitrogen and oxygen atoms in total. The van der Waals surface area contributed by atoms with Gasteiger partial charge in [-0.2, -0.15) is 5.26 Å². The average molecular weight is 384 g/mol. The highest BCUT2D eigenvalue weighted by Crippen LogP contribution is 2.28. The molecule has 0 saturated carbocycles. The molecule has 1 N–H and O–H groups in total. The summed E-state index contributed by atoms with van der Waals surface area (Å²) in [5, 5.41) is 14.1. The van der Waals surface area contributed by atoms with E-state index >= 15 is 0 Å². The summed E-state index contributed by atoms with van der Waals surface area (Å²) in [6.45, 7) is 3.80. The Bertz CT molecular complexity index is 912. The van der Waals surface area contributed by atoms with Gasteiger partial charge in [0.05, 0.1) is 16.5 Å². The number of amidine groups is 1. The summed E-state index contributed by atoms with van der Waals surface area (Å²) in [6.07, 6.45) is 0. The molecule has 8 heteroatoms. The zero-order valence-electron chi connectivity index (χ0n) is 14.2. The number of aryl methyl sites for hydroxylation is 1. The van der Waals surface area contributed by atoms with E-state index in [9.17, 15) is 9.59 Å². The lowest BCUT2D eigenvalue weighted by atomic mass is 10.2. The summed E-state index contributed by atoms with van der Waals surface area (Å²) in [4.78, 5) is 30.5. The fourth-order valence-corrected chi connectivity index (χ4v) is 4.02. The summed E-state index contributed by atoms with van der Waals surface area (Å²) in [7, 11) is 0. The Morgan fingerprint density at radius 3 is 2.81 bits per heavy atom. The van der Waals surface area contributed by atoms with Crippen LogP contribution in [0.1, 0.15) is 18.1 Å². The SMILES string of the molecule is Cc1ccc(N2C(=O)CN=C2S[C@@H](C)C(=O)Nc2sccc2C#N)cc1. The normalized spacial score (nSPS) is 14.7. The third-order valence-corrected chi connectivity index (χ3v) is 5.68. The second kappa shape index (κ2) is 7.72. The van der Waals surface area contributed by atoms with E-state index in [-0.39, 0.29) is 18.4 Å². The zero-order valence-corrected chi connectivity index (χ0v) is 15.9. The number of thioether (sulfide) groups is 1. The molecular formula is C18H16N4O2S2. The van der Waals surface area contributed by atoms with Crippen LogP contribution in [0, 0.1) is 18.3 Å². The number of amides is 2. The number of carbonyl (C=O) groups excluding carboxylic acids is 2. The third kappa shape index (κ3) is 3.79. The van der Waals surface area contributed by atoms with Gasteiger partial charge in [-0.1, -0.05) is 29.5 Å². The van der Waals surface area contributed by atoms with Gasteiger partial charge in [0.25, 0.3) is 5.91 Å². The topological polar surface area (TPSA) is 85.6 Å². The van der Waals surface area contributed by atoms with Crippen LogP contribution >= 0.6 is 23.1 Å². The van der Waals surface area contributed by atoms with Gasteiger partial charge in [0.2, 0.25) is 5.91 Å². The van der Waals surface area contributed by atoms with Crippen molar-refractivity contribution in [3.8, 4) is 6.07 Å². The number of nitriles is 1. The van der Waals surface area contributed by atoms with Crippen molar-refractivity contribution < 1.29 is 9.59 Å². The van der Waals surface area contributed by atoms with Crippen LogP contribution in [0.5, 0.6) is 0 Å². The Morgan fingerprint density at radius 2 is 2.12 bits per heavy atom. The van der Waals surface area contributed by atoms with Crippen LogP contribution in [0.4, 0.5) is 10.7 Å². The second-order valence-electron chi connectivity index (χ2n) is 5.69. The molecule has 2 aromatic rings. The van der Waals surface area contributed by atoms with Gasteiger partial charge in [-0.15, -0.1) is 11.3 Å². The number of thiophene rings is 1. The van der Waals surface area contributed by atoms with E-state index in [0.29, 0.717) is 15.7 Å². The smallest absolute Gasteiger partial charge is 0.254 e. The molecule has 2 amide bonds. The first-order chi connectivity index (χ1) is 12.5. The third-order valence-electron chi connectivity index (χ3n) is 3.76. The standard InChI is InChI=1S/C18H16N4O2S2/c1-11-3-5-14(6-4-11)22-15(23)10-20-18(22)26-12(2)16(24)21-17-13(9-19)7-8-25-17/h3-8,12H,10H2,1-2H3,(H,21,24)/t12-/m0/s1. The molecule has 0 radical (unpaired) electrons. The molecule has 0 fully saturated rings. The summed E-state index contributed by atoms with van der Waals surface area (Å²) in [6, 6.07) is 11.3. The zero-order chi connectivity index (χ0) is 18.7. The molecule has 0 spiro atoms. The maximum atomic E-state index is 12.4. The number of hydrogen-bond donors (Lipinski definition) is 1. The Morgan fingerprint density at radius 1 is 1.38 bits per heavy atom. The first kappa shape index (κ1) is 18.2. The van der Waals surface area contributed by atoms with Crippen molar-refractivity contribution >= 4 is 50.8 Å². The summed E-state index contributed by atoms with van der Waals surface area (Å²) >= 11 is 2.53. The quantitative estimate of drug-likeness (QED) is 0.875. The van der Waals surface area contributed by atoms with Crippen molar-refractivity contribution in [2.24, 2.45) is 4.99 Å². The lowest BCUT2D eigenvalue weighted by molar-refractivity contribution is -0.116. The molecule has 0 aliphatic carbocycles. The average Bonchev–Trinajstić information content (AvgIpc) is 3.22. The largest absolute Gasteiger partial charge is 0.316 e. The Hall–Kier alpha value is -2.63. The van der Waals surface area contributed by atoms with Crippen LogP contribution in [0.15, 0.2) is 40.7 Å². The molecular weight excluding hydrogens is 368 g/mol. The molecule has 1 aliphatic heterocycles. The van der Waals surface area contributed by atoms with Gasteiger partial charge in [0.1, 0.15) is 17.6 Å². The van der Waals surface area contributed by atoms with Crippen LogP contribution in [0.3, 0.4) is 0 Å². The fourth-order valence-electron chi connectivity index (χ4n) is 2.34. The molecule has 0 unspecified atom stereocenters. The monoisotopic (exact) mass is 384 g/mol. The first-order valence-corrected chi connectivity index (χ1v) is 9.64. The van der Waals surface area contributed by atoms with Crippen molar-refractivity contribution in [1.82, 2.24) is 0 Å². The molecule has 0 bridgehead atoms. The predicted octanol–water partition coefficient (Wildman–Crippen LogP) is 3.39. The van der Waals surface area contributed by atoms with E-state index in [0.717, 1.165) is 11.3 Å². The number of benzene rings is 1. The Labute approximate surface area is 159 Å². The lowest BCUT2D eigenvalue weighted by Gasteiger charge is -2.20. The first-order valence-electron chi connectivity index (χ1n) is 7.89. The van der Waals surface area contributed by atoms with Gasteiger partial charge in [0.15, 0.2) is 5.17 Å². The number of aliphatic imine (C=N–C) groups is 1. The molecule has 1 aromatic heterocycles. The minimum absolute atomic E-state index is 0.0774. The van der Waals surface area contributed by atoms with Gasteiger partial charge in [-0.3, -0.25) is 19.5 Å². The minimum Gasteiger partial charge on any atom is -0.316 e. The van der Waals surface area contributed by atoms with Gasteiger partial charge < -0.3 is 5.32 Å². The van der Waals surface area contributed by atoms with E-state index in [1.165, 1.54) is 23.1 Å². The highest BCUT2D eigenvalue weighted by Gasteiger charge is 2.30. The van der Waals surface area contributed by atoms with Crippen LogP contribution in [-0.4, -0.2) is 28.8 Å². The van der Waals surface area contributed by atoms with Crippen LogP contribution in [0.25, 0.3) is 0 Å². The van der Waals surface area contributed by atoms with E-state index < -0.39 is 5.25 Å². The van der Waals surface area contributed by atoms with Crippen molar-refractivity contribution in [3.63, 3.8) is 0 Å². The minimum atomic E-state index is -0.471. The molecule has 1 aliphatic rings. The molecule has 1 aromatic carbocycles. The van der Waals surface area contributed by atoms with Gasteiger partial charge >= 0.3 is 0 Å². The van der Waals surface area contributed by atoms with Gasteiger partial charge in [0, 0.05) is 0 Å². The fraction of sp³-hybridized carbons (Fsp3) is 0.222. The van der Waals surface area contributed by atoms with Crippen LogP contribution in [0.2, 0.25) is 0 Å². The summed E-state index contributed by atoms with van der Waals surface area (Å²) < 4.78 is 0. The highest BCUT2D eigenvalue weighted by molar-refractivity contribution is 8.15. The van der Waals surface area contributed by atoms with Crippen LogP contribution < -0.4 is 10.2 Å². The Balaban J connectivity index is 1.70. The van der Waals surface area contributed by atoms with Crippen molar-refractivity contribution in [1.29, 1.82) is 5.26 Å². The second-order valence-corrected chi connectivity index (χ2v) is 7.91. The maximum Gasteiger partial charge on any atom is 0.254 e. The molecule has 3 rings (SSSR count). The Kier molecular flexibility index (Phi) is 5.40. The number of carbonyl (C=O) groups is 2. The van der Waals surface area contributed by atoms with Gasteiger partial charge in [-0.05, 0) is 37.4 Å². The highest BCUT2D eigenvalue weighted by atomic mass is 32.2. The number of rotatable bonds is 4. The summed E-state index contributed by atoms with van der Waals surface area (Å²) in [5.41, 5.74) is 2.28. The maximum absolute atomic E-state index is 12.4. The number of nitrogens with one attached hydrogen (secondary N) is 1. The van der Waals surface area contributed by atoms with E-state index in [1.807, 2.05) is 37.3 Å². The molecule has 26 heavy (non-hydrogen) atoms. The number of anilines is 2.